The van der Waals surface area contributed by atoms with Crippen LogP contribution < -0.4 is 10.1 Å². The molecular weight excluding hydrogens is 438 g/mol. The first kappa shape index (κ1) is 19.2. The highest BCUT2D eigenvalue weighted by molar-refractivity contribution is 9.10. The van der Waals surface area contributed by atoms with Gasteiger partial charge >= 0.3 is 0 Å². The standard InChI is InChI=1S/C21H18BrN3O4/c1-11-19-15(20(28)12-3-8-16(26)17(9-12)29-2)10-18(27)23-21(19)25(24-11)14-6-4-13(22)5-7-14/h3-9,15,26H,10H2,1-2H3,(H,23,27)/t15-/m0/s1. The minimum atomic E-state index is -0.669. The minimum Gasteiger partial charge on any atom is -0.504 e. The first-order valence-electron chi connectivity index (χ1n) is 8.95. The first-order chi connectivity index (χ1) is 13.9. The maximum Gasteiger partial charge on any atom is 0.226 e. The zero-order chi connectivity index (χ0) is 20.7. The molecule has 7 nitrogen and oxygen atoms in total. The number of nitrogens with zero attached hydrogens (tertiary/aromatic N) is 2. The molecule has 2 N–H and O–H groups in total. The van der Waals surface area contributed by atoms with Crippen LogP contribution in [0.5, 0.6) is 11.5 Å². The molecule has 1 amide bonds. The Morgan fingerprint density at radius 3 is 2.69 bits per heavy atom. The smallest absolute Gasteiger partial charge is 0.226 e. The van der Waals surface area contributed by atoms with Crippen LogP contribution in [0.3, 0.4) is 0 Å². The van der Waals surface area contributed by atoms with Gasteiger partial charge in [0.1, 0.15) is 5.82 Å². The molecule has 0 saturated carbocycles. The summed E-state index contributed by atoms with van der Waals surface area (Å²) in [5.41, 5.74) is 2.51. The number of aromatic nitrogens is 2. The number of phenolic OH excluding ortho intramolecular Hbond substituents is 1. The van der Waals surface area contributed by atoms with E-state index in [0.717, 1.165) is 10.2 Å². The molecule has 0 radical (unpaired) electrons. The summed E-state index contributed by atoms with van der Waals surface area (Å²) in [5.74, 6) is -0.482. The summed E-state index contributed by atoms with van der Waals surface area (Å²) in [6.45, 7) is 1.82. The third kappa shape index (κ3) is 3.40. The monoisotopic (exact) mass is 455 g/mol. The summed E-state index contributed by atoms with van der Waals surface area (Å²) in [4.78, 5) is 25.7. The van der Waals surface area contributed by atoms with E-state index in [0.29, 0.717) is 22.6 Å². The van der Waals surface area contributed by atoms with Crippen molar-refractivity contribution < 1.29 is 19.4 Å². The summed E-state index contributed by atoms with van der Waals surface area (Å²) in [6, 6.07) is 11.9. The van der Waals surface area contributed by atoms with Crippen molar-refractivity contribution in [3.05, 3.63) is 63.8 Å². The summed E-state index contributed by atoms with van der Waals surface area (Å²) in [5, 5.41) is 17.2. The number of methoxy groups -OCH3 is 1. The third-order valence-corrected chi connectivity index (χ3v) is 5.48. The molecule has 8 heteroatoms. The van der Waals surface area contributed by atoms with Crippen LogP contribution >= 0.6 is 15.9 Å². The van der Waals surface area contributed by atoms with Crippen molar-refractivity contribution in [2.24, 2.45) is 0 Å². The summed E-state index contributed by atoms with van der Waals surface area (Å²) >= 11 is 3.41. The molecule has 0 bridgehead atoms. The SMILES string of the molecule is COc1cc(C(=O)[C@H]2CC(=O)Nc3c2c(C)nn3-c2ccc(Br)cc2)ccc1O. The predicted octanol–water partition coefficient (Wildman–Crippen LogP) is 3.97. The lowest BCUT2D eigenvalue weighted by Gasteiger charge is -2.23. The second-order valence-electron chi connectivity index (χ2n) is 6.79. The number of fused-ring (bicyclic) bond motifs is 1. The first-order valence-corrected chi connectivity index (χ1v) is 9.75. The van der Waals surface area contributed by atoms with E-state index in [1.165, 1.54) is 25.3 Å². The van der Waals surface area contributed by atoms with Crippen LogP contribution in [0.2, 0.25) is 0 Å². The number of ketones is 1. The van der Waals surface area contributed by atoms with E-state index in [1.807, 2.05) is 31.2 Å². The van der Waals surface area contributed by atoms with E-state index in [2.05, 4.69) is 26.3 Å². The highest BCUT2D eigenvalue weighted by Crippen LogP contribution is 2.39. The van der Waals surface area contributed by atoms with Crippen LogP contribution in [0.1, 0.15) is 34.0 Å². The minimum absolute atomic E-state index is 0.0297. The lowest BCUT2D eigenvalue weighted by Crippen LogP contribution is -2.28. The van der Waals surface area contributed by atoms with Crippen molar-refractivity contribution >= 4 is 33.4 Å². The van der Waals surface area contributed by atoms with E-state index < -0.39 is 5.92 Å². The fourth-order valence-electron chi connectivity index (χ4n) is 3.57. The number of aryl methyl sites for hydroxylation is 1. The second kappa shape index (κ2) is 7.36. The molecule has 148 valence electrons. The number of aromatic hydroxyl groups is 1. The predicted molar refractivity (Wildman–Crippen MR) is 111 cm³/mol. The second-order valence-corrected chi connectivity index (χ2v) is 7.71. The Balaban J connectivity index is 1.80. The van der Waals surface area contributed by atoms with Gasteiger partial charge in [-0.25, -0.2) is 4.68 Å². The van der Waals surface area contributed by atoms with Gasteiger partial charge in [-0.15, -0.1) is 0 Å². The highest BCUT2D eigenvalue weighted by atomic mass is 79.9. The largest absolute Gasteiger partial charge is 0.504 e. The number of nitrogens with one attached hydrogen (secondary N) is 1. The van der Waals surface area contributed by atoms with E-state index >= 15 is 0 Å². The maximum absolute atomic E-state index is 13.3. The number of hydrogen-bond acceptors (Lipinski definition) is 5. The molecule has 1 aromatic heterocycles. The molecule has 1 aliphatic rings. The summed E-state index contributed by atoms with van der Waals surface area (Å²) in [7, 11) is 1.42. The summed E-state index contributed by atoms with van der Waals surface area (Å²) in [6.07, 6.45) is 0.0297. The number of phenols is 1. The average molecular weight is 456 g/mol. The fraction of sp³-hybridized carbons (Fsp3) is 0.190. The number of hydrogen-bond donors (Lipinski definition) is 2. The molecule has 29 heavy (non-hydrogen) atoms. The van der Waals surface area contributed by atoms with Crippen LogP contribution in [-0.2, 0) is 4.79 Å². The molecule has 1 atom stereocenters. The number of anilines is 1. The van der Waals surface area contributed by atoms with Crippen molar-refractivity contribution in [3.8, 4) is 17.2 Å². The van der Waals surface area contributed by atoms with Gasteiger partial charge in [-0.1, -0.05) is 15.9 Å². The Labute approximate surface area is 175 Å². The van der Waals surface area contributed by atoms with Gasteiger partial charge in [0.25, 0.3) is 0 Å². The van der Waals surface area contributed by atoms with Crippen molar-refractivity contribution in [1.82, 2.24) is 9.78 Å². The molecule has 0 saturated heterocycles. The fourth-order valence-corrected chi connectivity index (χ4v) is 3.84. The van der Waals surface area contributed by atoms with Gasteiger partial charge in [-0.2, -0.15) is 5.10 Å². The number of carbonyl (C=O) groups excluding carboxylic acids is 2. The van der Waals surface area contributed by atoms with Gasteiger partial charge in [-0.3, -0.25) is 9.59 Å². The van der Waals surface area contributed by atoms with Gasteiger partial charge in [0.15, 0.2) is 17.3 Å². The molecule has 1 aliphatic heterocycles. The third-order valence-electron chi connectivity index (χ3n) is 4.95. The summed E-state index contributed by atoms with van der Waals surface area (Å²) < 4.78 is 7.68. The molecule has 2 aromatic carbocycles. The van der Waals surface area contributed by atoms with Crippen molar-refractivity contribution in [3.63, 3.8) is 0 Å². The quantitative estimate of drug-likeness (QED) is 0.580. The van der Waals surface area contributed by atoms with E-state index in [4.69, 9.17) is 4.74 Å². The van der Waals surface area contributed by atoms with Crippen LogP contribution in [0.25, 0.3) is 5.69 Å². The van der Waals surface area contributed by atoms with E-state index in [1.54, 1.807) is 4.68 Å². The van der Waals surface area contributed by atoms with Crippen LogP contribution in [0.4, 0.5) is 5.82 Å². The van der Waals surface area contributed by atoms with Gasteiger partial charge in [-0.05, 0) is 49.4 Å². The Hall–Kier alpha value is -3.13. The highest BCUT2D eigenvalue weighted by Gasteiger charge is 2.36. The maximum atomic E-state index is 13.3. The number of benzene rings is 2. The molecule has 4 rings (SSSR count). The topological polar surface area (TPSA) is 93.5 Å². The zero-order valence-electron chi connectivity index (χ0n) is 15.8. The Morgan fingerprint density at radius 1 is 1.28 bits per heavy atom. The number of carbonyl (C=O) groups is 2. The Kier molecular flexibility index (Phi) is 4.87. The average Bonchev–Trinajstić information content (AvgIpc) is 3.04. The molecule has 0 spiro atoms. The van der Waals surface area contributed by atoms with Gasteiger partial charge in [0, 0.05) is 22.0 Å². The Morgan fingerprint density at radius 2 is 2.00 bits per heavy atom. The number of halogens is 1. The number of ether oxygens (including phenoxy) is 1. The van der Waals surface area contributed by atoms with E-state index in [9.17, 15) is 14.7 Å². The molecular formula is C21H18BrN3O4. The van der Waals surface area contributed by atoms with Crippen molar-refractivity contribution in [2.75, 3.05) is 12.4 Å². The van der Waals surface area contributed by atoms with Crippen LogP contribution in [0.15, 0.2) is 46.9 Å². The lowest BCUT2D eigenvalue weighted by atomic mass is 9.85. The van der Waals surface area contributed by atoms with Crippen molar-refractivity contribution in [1.29, 1.82) is 0 Å². The van der Waals surface area contributed by atoms with Crippen LogP contribution in [-0.4, -0.2) is 33.7 Å². The number of rotatable bonds is 4. The van der Waals surface area contributed by atoms with E-state index in [-0.39, 0.29) is 29.6 Å². The number of Topliss-reactive ketones (excluding diaryl/α,β-unsaturated/α-hetero) is 1. The molecule has 0 fully saturated rings. The zero-order valence-corrected chi connectivity index (χ0v) is 17.4. The molecule has 0 unspecified atom stereocenters. The van der Waals surface area contributed by atoms with Crippen molar-refractivity contribution in [2.45, 2.75) is 19.3 Å². The normalized spacial score (nSPS) is 15.6. The molecule has 3 aromatic rings. The Bertz CT molecular complexity index is 1120. The van der Waals surface area contributed by atoms with Gasteiger partial charge in [0.05, 0.1) is 24.4 Å². The van der Waals surface area contributed by atoms with Gasteiger partial charge in [0.2, 0.25) is 5.91 Å². The van der Waals surface area contributed by atoms with Gasteiger partial charge < -0.3 is 15.2 Å². The number of amides is 1. The molecule has 0 aliphatic carbocycles. The lowest BCUT2D eigenvalue weighted by molar-refractivity contribution is -0.116. The van der Waals surface area contributed by atoms with Crippen LogP contribution in [0, 0.1) is 6.92 Å². The molecule has 2 heterocycles.